The molecule has 0 aliphatic heterocycles. The smallest absolute Gasteiger partial charge is 0.280 e. The fourth-order valence-electron chi connectivity index (χ4n) is 1.97. The topological polar surface area (TPSA) is 131 Å². The lowest BCUT2D eigenvalue weighted by molar-refractivity contribution is -0.118. The fourth-order valence-corrected chi connectivity index (χ4v) is 2.26. The van der Waals surface area contributed by atoms with Crippen molar-refractivity contribution in [2.45, 2.75) is 27.0 Å². The van der Waals surface area contributed by atoms with Crippen LogP contribution in [0, 0.1) is 5.92 Å². The van der Waals surface area contributed by atoms with Gasteiger partial charge in [-0.25, -0.2) is 4.98 Å². The summed E-state index contributed by atoms with van der Waals surface area (Å²) in [4.78, 5) is 34.7. The zero-order chi connectivity index (χ0) is 17.7. The molecule has 0 spiro atoms. The van der Waals surface area contributed by atoms with E-state index < -0.39 is 5.56 Å². The Morgan fingerprint density at radius 2 is 2.21 bits per heavy atom. The van der Waals surface area contributed by atoms with Gasteiger partial charge in [0.25, 0.3) is 5.56 Å². The summed E-state index contributed by atoms with van der Waals surface area (Å²) in [6.45, 7) is 3.74. The summed E-state index contributed by atoms with van der Waals surface area (Å²) >= 11 is 0. The molecule has 10 nitrogen and oxygen atoms in total. The quantitative estimate of drug-likeness (QED) is 0.460. The second kappa shape index (κ2) is 8.29. The second-order valence-electron chi connectivity index (χ2n) is 5.20. The molecule has 0 fully saturated rings. The molecule has 0 saturated heterocycles. The van der Waals surface area contributed by atoms with Crippen LogP contribution in [0.2, 0.25) is 0 Å². The number of imidazole rings is 1. The molecular formula is C13H20N5O5P. The van der Waals surface area contributed by atoms with Crippen LogP contribution in [0.15, 0.2) is 4.79 Å². The van der Waals surface area contributed by atoms with Crippen molar-refractivity contribution in [1.82, 2.24) is 19.5 Å². The minimum absolute atomic E-state index is 0.0384. The van der Waals surface area contributed by atoms with Crippen molar-refractivity contribution in [3.05, 3.63) is 16.2 Å². The molecular weight excluding hydrogens is 337 g/mol. The number of amides is 1. The molecule has 1 unspecified atom stereocenters. The first-order valence-electron chi connectivity index (χ1n) is 7.28. The number of rotatable bonds is 8. The first-order chi connectivity index (χ1) is 11.5. The number of H-pyrrole nitrogens is 1. The maximum absolute atomic E-state index is 12.2. The highest BCUT2D eigenvalue weighted by molar-refractivity contribution is 7.26. The monoisotopic (exact) mass is 357 g/mol. The van der Waals surface area contributed by atoms with Crippen molar-refractivity contribution in [2.24, 2.45) is 5.92 Å². The van der Waals surface area contributed by atoms with E-state index >= 15 is 0 Å². The number of hydrogen-bond donors (Lipinski definition) is 3. The summed E-state index contributed by atoms with van der Waals surface area (Å²) in [6.07, 6.45) is 0. The molecule has 2 rings (SSSR count). The Morgan fingerprint density at radius 3 is 2.83 bits per heavy atom. The second-order valence-corrected chi connectivity index (χ2v) is 6.07. The molecule has 2 aromatic rings. The van der Waals surface area contributed by atoms with Gasteiger partial charge in [-0.1, -0.05) is 13.8 Å². The number of aromatic nitrogens is 4. The van der Waals surface area contributed by atoms with Crippen LogP contribution in [0.25, 0.3) is 11.2 Å². The number of aliphatic hydroxyl groups is 1. The lowest BCUT2D eigenvalue weighted by Gasteiger charge is -2.09. The average molecular weight is 357 g/mol. The van der Waals surface area contributed by atoms with Crippen molar-refractivity contribution in [3.8, 4) is 0 Å². The van der Waals surface area contributed by atoms with Crippen molar-refractivity contribution < 1.29 is 18.9 Å². The minimum atomic E-state index is -0.493. The summed E-state index contributed by atoms with van der Waals surface area (Å²) in [5, 5.41) is 12.0. The standard InChI is InChI=1S/C13H20N5O5P/c1-7(2)11(20)16-13-15-10-9(12(21)17-13)14-8(6-19)18(10)4-5-23-24-22-3/h7,19,24H,4-6H2,1-3H3,(H2,15,16,17,20,21). The van der Waals surface area contributed by atoms with Crippen LogP contribution in [-0.4, -0.2) is 44.2 Å². The van der Waals surface area contributed by atoms with Crippen LogP contribution in [0.4, 0.5) is 5.95 Å². The molecule has 2 aromatic heterocycles. The van der Waals surface area contributed by atoms with Gasteiger partial charge in [-0.15, -0.1) is 0 Å². The normalized spacial score (nSPS) is 11.9. The van der Waals surface area contributed by atoms with E-state index in [1.54, 1.807) is 18.4 Å². The highest BCUT2D eigenvalue weighted by atomic mass is 31.1. The average Bonchev–Trinajstić information content (AvgIpc) is 2.90. The molecule has 0 aliphatic rings. The molecule has 24 heavy (non-hydrogen) atoms. The van der Waals surface area contributed by atoms with Crippen LogP contribution in [0.5, 0.6) is 0 Å². The predicted molar refractivity (Wildman–Crippen MR) is 88.8 cm³/mol. The Bertz CT molecular complexity index is 772. The Morgan fingerprint density at radius 1 is 1.46 bits per heavy atom. The zero-order valence-electron chi connectivity index (χ0n) is 13.6. The maximum atomic E-state index is 12.2. The van der Waals surface area contributed by atoms with Crippen molar-refractivity contribution in [2.75, 3.05) is 19.0 Å². The Balaban J connectivity index is 2.37. The number of nitrogens with one attached hydrogen (secondary N) is 2. The van der Waals surface area contributed by atoms with Gasteiger partial charge in [-0.2, -0.15) is 4.98 Å². The van der Waals surface area contributed by atoms with Gasteiger partial charge in [0.05, 0.1) is 6.61 Å². The largest absolute Gasteiger partial charge is 0.388 e. The first-order valence-corrected chi connectivity index (χ1v) is 8.10. The summed E-state index contributed by atoms with van der Waals surface area (Å²) in [5.41, 5.74) is -0.130. The highest BCUT2D eigenvalue weighted by Crippen LogP contribution is 2.15. The third-order valence-corrected chi connectivity index (χ3v) is 3.64. The van der Waals surface area contributed by atoms with E-state index in [0.29, 0.717) is 19.0 Å². The van der Waals surface area contributed by atoms with Gasteiger partial charge in [-0.05, 0) is 0 Å². The summed E-state index contributed by atoms with van der Waals surface area (Å²) in [6, 6.07) is 0. The van der Waals surface area contributed by atoms with Crippen LogP contribution in [-0.2, 0) is 27.0 Å². The van der Waals surface area contributed by atoms with Gasteiger partial charge in [0.1, 0.15) is 12.4 Å². The van der Waals surface area contributed by atoms with E-state index in [1.807, 2.05) is 0 Å². The molecule has 132 valence electrons. The van der Waals surface area contributed by atoms with Gasteiger partial charge in [-0.3, -0.25) is 19.9 Å². The maximum Gasteiger partial charge on any atom is 0.280 e. The van der Waals surface area contributed by atoms with Crippen molar-refractivity contribution >= 4 is 32.1 Å². The van der Waals surface area contributed by atoms with Crippen LogP contribution >= 0.6 is 9.03 Å². The Hall–Kier alpha value is -1.87. The number of aromatic amines is 1. The molecule has 0 saturated carbocycles. The Labute approximate surface area is 139 Å². The van der Waals surface area contributed by atoms with E-state index in [-0.39, 0.29) is 44.6 Å². The van der Waals surface area contributed by atoms with E-state index in [0.717, 1.165) is 0 Å². The zero-order valence-corrected chi connectivity index (χ0v) is 14.6. The molecule has 2 heterocycles. The fraction of sp³-hybridized carbons (Fsp3) is 0.538. The Kier molecular flexibility index (Phi) is 6.38. The van der Waals surface area contributed by atoms with E-state index in [9.17, 15) is 14.7 Å². The number of hydrogen-bond acceptors (Lipinski definition) is 7. The van der Waals surface area contributed by atoms with Gasteiger partial charge in [0, 0.05) is 19.6 Å². The molecule has 0 aliphatic carbocycles. The first kappa shape index (κ1) is 18.5. The highest BCUT2D eigenvalue weighted by Gasteiger charge is 2.17. The molecule has 0 aromatic carbocycles. The van der Waals surface area contributed by atoms with E-state index in [4.69, 9.17) is 9.05 Å². The van der Waals surface area contributed by atoms with E-state index in [1.165, 1.54) is 7.11 Å². The summed E-state index contributed by atoms with van der Waals surface area (Å²) in [7, 11) is 1.42. The molecule has 11 heteroatoms. The number of carbonyl (C=O) groups excluding carboxylic acids is 1. The third-order valence-electron chi connectivity index (χ3n) is 3.15. The number of anilines is 1. The predicted octanol–water partition coefficient (Wildman–Crippen LogP) is 0.378. The molecule has 1 amide bonds. The van der Waals surface area contributed by atoms with E-state index in [2.05, 4.69) is 20.3 Å². The van der Waals surface area contributed by atoms with Crippen LogP contribution < -0.4 is 10.9 Å². The third kappa shape index (κ3) is 4.15. The van der Waals surface area contributed by atoms with Gasteiger partial charge in [0.15, 0.2) is 20.2 Å². The van der Waals surface area contributed by atoms with Gasteiger partial charge < -0.3 is 18.7 Å². The molecule has 1 atom stereocenters. The van der Waals surface area contributed by atoms with Crippen molar-refractivity contribution in [3.63, 3.8) is 0 Å². The van der Waals surface area contributed by atoms with Crippen molar-refractivity contribution in [1.29, 1.82) is 0 Å². The summed E-state index contributed by atoms with van der Waals surface area (Å²) in [5.74, 6) is -0.195. The lowest BCUT2D eigenvalue weighted by Crippen LogP contribution is -2.22. The number of carbonyl (C=O) groups is 1. The lowest BCUT2D eigenvalue weighted by atomic mass is 10.2. The summed E-state index contributed by atoms with van der Waals surface area (Å²) < 4.78 is 11.7. The molecule has 0 bridgehead atoms. The molecule has 3 N–H and O–H groups in total. The number of fused-ring (bicyclic) bond motifs is 1. The molecule has 0 radical (unpaired) electrons. The van der Waals surface area contributed by atoms with Gasteiger partial charge >= 0.3 is 0 Å². The number of aliphatic hydroxyl groups excluding tert-OH is 1. The minimum Gasteiger partial charge on any atom is -0.388 e. The number of nitrogens with zero attached hydrogens (tertiary/aromatic N) is 3. The van der Waals surface area contributed by atoms with Crippen LogP contribution in [0.3, 0.4) is 0 Å². The SMILES string of the molecule is COPOCCn1c(CO)nc2c(=O)[nH]c(NC(=O)C(C)C)nc21. The van der Waals surface area contributed by atoms with Crippen LogP contribution in [0.1, 0.15) is 19.7 Å². The van der Waals surface area contributed by atoms with Gasteiger partial charge in [0.2, 0.25) is 11.9 Å².